The van der Waals surface area contributed by atoms with Crippen molar-refractivity contribution in [3.63, 3.8) is 0 Å². The maximum atomic E-state index is 12.8. The lowest BCUT2D eigenvalue weighted by Crippen LogP contribution is -2.22. The second-order valence-electron chi connectivity index (χ2n) is 7.00. The van der Waals surface area contributed by atoms with Crippen LogP contribution < -0.4 is 10.7 Å². The van der Waals surface area contributed by atoms with Crippen molar-refractivity contribution in [2.24, 2.45) is 5.10 Å². The summed E-state index contributed by atoms with van der Waals surface area (Å²) >= 11 is 12.1. The number of anilines is 1. The summed E-state index contributed by atoms with van der Waals surface area (Å²) in [6, 6.07) is 9.88. The minimum Gasteiger partial charge on any atom is -0.455 e. The Bertz CT molecular complexity index is 1190. The first-order valence-electron chi connectivity index (χ1n) is 9.61. The SMILES string of the molecule is Cc1c(C(=O)Nc2cc(Cl)ccc2Cl)oc2c1/C(=N/NC(=O)c1ccccn1)CCC2. The molecule has 7 nitrogen and oxygen atoms in total. The molecule has 0 saturated carbocycles. The first-order valence-corrected chi connectivity index (χ1v) is 10.4. The van der Waals surface area contributed by atoms with Gasteiger partial charge in [0.15, 0.2) is 5.76 Å². The summed E-state index contributed by atoms with van der Waals surface area (Å²) in [5, 5.41) is 7.85. The maximum absolute atomic E-state index is 12.8. The molecule has 0 unspecified atom stereocenters. The molecule has 0 saturated heterocycles. The lowest BCUT2D eigenvalue weighted by atomic mass is 9.93. The average Bonchev–Trinajstić information content (AvgIpc) is 3.12. The molecule has 4 rings (SSSR count). The van der Waals surface area contributed by atoms with Gasteiger partial charge in [0.1, 0.15) is 11.5 Å². The number of amides is 2. The highest BCUT2D eigenvalue weighted by atomic mass is 35.5. The molecule has 0 fully saturated rings. The van der Waals surface area contributed by atoms with Crippen molar-refractivity contribution < 1.29 is 14.0 Å². The molecule has 0 radical (unpaired) electrons. The highest BCUT2D eigenvalue weighted by Crippen LogP contribution is 2.31. The standard InChI is InChI=1S/C22H18Cl2N4O3/c1-12-19-15(27-28-21(29)16-5-2-3-10-25-16)6-4-7-18(19)31-20(12)22(30)26-17-11-13(23)8-9-14(17)24/h2-3,5,8-11H,4,6-7H2,1H3,(H,26,30)(H,28,29)/b27-15+. The van der Waals surface area contributed by atoms with E-state index in [4.69, 9.17) is 27.6 Å². The van der Waals surface area contributed by atoms with Crippen LogP contribution in [-0.2, 0) is 6.42 Å². The van der Waals surface area contributed by atoms with Crippen LogP contribution >= 0.6 is 23.2 Å². The zero-order valence-corrected chi connectivity index (χ0v) is 18.0. The molecule has 1 aliphatic carbocycles. The lowest BCUT2D eigenvalue weighted by molar-refractivity contribution is 0.0948. The fourth-order valence-corrected chi connectivity index (χ4v) is 3.78. The molecule has 0 aliphatic heterocycles. The fourth-order valence-electron chi connectivity index (χ4n) is 3.44. The molecule has 0 spiro atoms. The summed E-state index contributed by atoms with van der Waals surface area (Å²) in [7, 11) is 0. The second-order valence-corrected chi connectivity index (χ2v) is 7.84. The molecule has 1 aliphatic rings. The smallest absolute Gasteiger partial charge is 0.291 e. The van der Waals surface area contributed by atoms with E-state index in [9.17, 15) is 9.59 Å². The second kappa shape index (κ2) is 8.91. The number of rotatable bonds is 4. The van der Waals surface area contributed by atoms with Crippen LogP contribution in [-0.4, -0.2) is 22.5 Å². The van der Waals surface area contributed by atoms with Crippen molar-refractivity contribution in [1.29, 1.82) is 0 Å². The van der Waals surface area contributed by atoms with Gasteiger partial charge < -0.3 is 9.73 Å². The van der Waals surface area contributed by atoms with E-state index in [2.05, 4.69) is 20.8 Å². The summed E-state index contributed by atoms with van der Waals surface area (Å²) in [6.45, 7) is 1.79. The summed E-state index contributed by atoms with van der Waals surface area (Å²) in [4.78, 5) is 29.1. The van der Waals surface area contributed by atoms with Crippen LogP contribution in [0, 0.1) is 6.92 Å². The quantitative estimate of drug-likeness (QED) is 0.538. The number of carbonyl (C=O) groups excluding carboxylic acids is 2. The number of fused-ring (bicyclic) bond motifs is 1. The van der Waals surface area contributed by atoms with Crippen molar-refractivity contribution in [3.8, 4) is 0 Å². The van der Waals surface area contributed by atoms with Gasteiger partial charge in [-0.25, -0.2) is 5.43 Å². The van der Waals surface area contributed by atoms with Gasteiger partial charge in [0.2, 0.25) is 0 Å². The predicted molar refractivity (Wildman–Crippen MR) is 119 cm³/mol. The number of pyridine rings is 1. The first-order chi connectivity index (χ1) is 14.9. The molecular formula is C22H18Cl2N4O3. The third kappa shape index (κ3) is 4.47. The molecule has 0 bridgehead atoms. The number of halogens is 2. The molecule has 3 aromatic rings. The van der Waals surface area contributed by atoms with Crippen LogP contribution in [0.15, 0.2) is 52.1 Å². The van der Waals surface area contributed by atoms with Crippen LogP contribution in [0.4, 0.5) is 5.69 Å². The number of aromatic nitrogens is 1. The molecular weight excluding hydrogens is 439 g/mol. The Morgan fingerprint density at radius 1 is 1.13 bits per heavy atom. The van der Waals surface area contributed by atoms with E-state index in [0.717, 1.165) is 12.0 Å². The zero-order chi connectivity index (χ0) is 22.0. The molecule has 2 N–H and O–H groups in total. The molecule has 0 atom stereocenters. The highest BCUT2D eigenvalue weighted by Gasteiger charge is 2.28. The van der Waals surface area contributed by atoms with Crippen LogP contribution in [0.2, 0.25) is 10.0 Å². The topological polar surface area (TPSA) is 96.6 Å². The number of nitrogens with one attached hydrogen (secondary N) is 2. The molecule has 2 aromatic heterocycles. The lowest BCUT2D eigenvalue weighted by Gasteiger charge is -2.13. The van der Waals surface area contributed by atoms with E-state index in [1.165, 1.54) is 6.20 Å². The molecule has 2 heterocycles. The number of aryl methyl sites for hydroxylation is 1. The molecule has 9 heteroatoms. The molecule has 1 aromatic carbocycles. The van der Waals surface area contributed by atoms with Gasteiger partial charge in [-0.05, 0) is 50.1 Å². The summed E-state index contributed by atoms with van der Waals surface area (Å²) < 4.78 is 5.87. The van der Waals surface area contributed by atoms with Crippen LogP contribution in [0.5, 0.6) is 0 Å². The van der Waals surface area contributed by atoms with E-state index >= 15 is 0 Å². The Balaban J connectivity index is 1.59. The van der Waals surface area contributed by atoms with E-state index in [1.807, 2.05) is 0 Å². The van der Waals surface area contributed by atoms with Crippen LogP contribution in [0.3, 0.4) is 0 Å². The van der Waals surface area contributed by atoms with Gasteiger partial charge in [-0.3, -0.25) is 14.6 Å². The van der Waals surface area contributed by atoms with Gasteiger partial charge in [-0.15, -0.1) is 0 Å². The van der Waals surface area contributed by atoms with Crippen molar-refractivity contribution >= 4 is 46.4 Å². The molecule has 158 valence electrons. The number of nitrogens with zero attached hydrogens (tertiary/aromatic N) is 2. The van der Waals surface area contributed by atoms with Crippen molar-refractivity contribution in [1.82, 2.24) is 10.4 Å². The summed E-state index contributed by atoms with van der Waals surface area (Å²) in [5.74, 6) is -0.00788. The van der Waals surface area contributed by atoms with Crippen molar-refractivity contribution in [3.05, 3.63) is 81.0 Å². The largest absolute Gasteiger partial charge is 0.455 e. The van der Waals surface area contributed by atoms with Gasteiger partial charge in [-0.2, -0.15) is 5.10 Å². The fraction of sp³-hybridized carbons (Fsp3) is 0.182. The van der Waals surface area contributed by atoms with Crippen molar-refractivity contribution in [2.45, 2.75) is 26.2 Å². The van der Waals surface area contributed by atoms with Crippen LogP contribution in [0.1, 0.15) is 50.8 Å². The Morgan fingerprint density at radius 2 is 1.97 bits per heavy atom. The summed E-state index contributed by atoms with van der Waals surface area (Å²) in [6.07, 6.45) is 3.66. The Hall–Kier alpha value is -3.16. The third-order valence-electron chi connectivity index (χ3n) is 4.90. The zero-order valence-electron chi connectivity index (χ0n) is 16.5. The highest BCUT2D eigenvalue weighted by molar-refractivity contribution is 6.35. The Kier molecular flexibility index (Phi) is 6.06. The Labute approximate surface area is 188 Å². The summed E-state index contributed by atoms with van der Waals surface area (Å²) in [5.41, 5.74) is 5.26. The first kappa shape index (κ1) is 21.1. The number of hydrogen-bond donors (Lipinski definition) is 2. The minimum absolute atomic E-state index is 0.173. The van der Waals surface area contributed by atoms with E-state index < -0.39 is 11.8 Å². The van der Waals surface area contributed by atoms with Gasteiger partial charge in [0.05, 0.1) is 16.4 Å². The van der Waals surface area contributed by atoms with Gasteiger partial charge in [-0.1, -0.05) is 29.3 Å². The van der Waals surface area contributed by atoms with Gasteiger partial charge in [0.25, 0.3) is 11.8 Å². The Morgan fingerprint density at radius 3 is 2.74 bits per heavy atom. The van der Waals surface area contributed by atoms with Crippen molar-refractivity contribution in [2.75, 3.05) is 5.32 Å². The minimum atomic E-state index is -0.437. The van der Waals surface area contributed by atoms with Gasteiger partial charge >= 0.3 is 0 Å². The number of hydrazone groups is 1. The molecule has 31 heavy (non-hydrogen) atoms. The van der Waals surface area contributed by atoms with E-state index in [1.54, 1.807) is 43.3 Å². The van der Waals surface area contributed by atoms with Gasteiger partial charge in [0, 0.05) is 28.8 Å². The maximum Gasteiger partial charge on any atom is 0.291 e. The number of hydrogen-bond acceptors (Lipinski definition) is 5. The number of furan rings is 1. The van der Waals surface area contributed by atoms with Crippen LogP contribution in [0.25, 0.3) is 0 Å². The monoisotopic (exact) mass is 456 g/mol. The van der Waals surface area contributed by atoms with E-state index in [0.29, 0.717) is 45.6 Å². The van der Waals surface area contributed by atoms with E-state index in [-0.39, 0.29) is 11.5 Å². The average molecular weight is 457 g/mol. The third-order valence-corrected chi connectivity index (χ3v) is 5.46. The normalized spacial score (nSPS) is 14.2. The predicted octanol–water partition coefficient (Wildman–Crippen LogP) is 5.01. The number of benzene rings is 1. The number of carbonyl (C=O) groups is 2. The molecule has 2 amide bonds.